The normalized spacial score (nSPS) is 3.00. The quantitative estimate of drug-likeness (QED) is 0.346. The Labute approximate surface area is 46.4 Å². The van der Waals surface area contributed by atoms with Crippen molar-refractivity contribution in [3.8, 4) is 0 Å². The summed E-state index contributed by atoms with van der Waals surface area (Å²) in [7, 11) is 6.10. The molecular formula is H4Cl2GeSi. The fourth-order valence-corrected chi connectivity index (χ4v) is 0. The van der Waals surface area contributed by atoms with E-state index >= 15 is 0 Å². The summed E-state index contributed by atoms with van der Waals surface area (Å²) in [5.74, 6) is 0. The zero-order chi connectivity index (χ0) is 4.00. The van der Waals surface area contributed by atoms with Gasteiger partial charge in [0.15, 0.2) is 0 Å². The zero-order valence-electron chi connectivity index (χ0n) is 2.17. The third-order valence-corrected chi connectivity index (χ3v) is 0. The molecule has 0 N–H and O–H groups in total. The number of halogens is 2. The van der Waals surface area contributed by atoms with Gasteiger partial charge >= 0.3 is 25.6 Å². The van der Waals surface area contributed by atoms with E-state index in [-0.39, 0.29) is 0 Å². The second-order valence-corrected chi connectivity index (χ2v) is 0. The smallest absolute Gasteiger partial charge is 0.128 e. The second-order valence-electron chi connectivity index (χ2n) is 0. The van der Waals surface area contributed by atoms with Crippen LogP contribution in [0.4, 0.5) is 0 Å². The van der Waals surface area contributed by atoms with Crippen molar-refractivity contribution in [2.24, 2.45) is 0 Å². The van der Waals surface area contributed by atoms with Crippen LogP contribution in [0.3, 0.4) is 0 Å². The fraction of sp³-hybridized carbons (Fsp3) is 0. The molecule has 0 heterocycles. The van der Waals surface area contributed by atoms with Crippen LogP contribution in [0.15, 0.2) is 0 Å². The Morgan fingerprint density at radius 3 is 1.25 bits per heavy atom. The third kappa shape index (κ3) is 10.2. The standard InChI is InChI=1S/ClGeH2.ClH2Si/c2*1-2/h2*2H2. The summed E-state index contributed by atoms with van der Waals surface area (Å²) >= 11 is 5.51. The molecule has 4 heteroatoms. The van der Waals surface area contributed by atoms with Crippen LogP contribution in [0.2, 0.25) is 0 Å². The van der Waals surface area contributed by atoms with Crippen molar-refractivity contribution in [3.05, 3.63) is 0 Å². The number of hydrogen-bond acceptors (Lipinski definition) is 0. The van der Waals surface area contributed by atoms with Crippen molar-refractivity contribution in [3.63, 3.8) is 0 Å². The van der Waals surface area contributed by atoms with Gasteiger partial charge in [-0.25, -0.2) is 0 Å². The first kappa shape index (κ1) is 9.02. The van der Waals surface area contributed by atoms with Crippen LogP contribution in [-0.2, 0) is 0 Å². The molecular weight excluding hydrogens is 172 g/mol. The summed E-state index contributed by atoms with van der Waals surface area (Å²) in [6.45, 7) is 0. The van der Waals surface area contributed by atoms with Gasteiger partial charge in [0, 0.05) is 0 Å². The molecule has 0 aliphatic rings. The summed E-state index contributed by atoms with van der Waals surface area (Å²) in [6, 6.07) is 0. The molecule has 0 atom stereocenters. The van der Waals surface area contributed by atoms with Crippen LogP contribution in [0.1, 0.15) is 0 Å². The van der Waals surface area contributed by atoms with Crippen LogP contribution in [-0.4, -0.2) is 25.1 Å². The molecule has 0 aromatic carbocycles. The van der Waals surface area contributed by atoms with Crippen LogP contribution < -0.4 is 0 Å². The summed E-state index contributed by atoms with van der Waals surface area (Å²) < 4.78 is 0. The molecule has 2 radical (unpaired) electrons. The summed E-state index contributed by atoms with van der Waals surface area (Å²) in [5.41, 5.74) is 0. The maximum absolute atomic E-state index is 4.76. The number of rotatable bonds is 0. The van der Waals surface area contributed by atoms with Gasteiger partial charge in [0.1, 0.15) is 9.55 Å². The van der Waals surface area contributed by atoms with Crippen molar-refractivity contribution in [2.45, 2.75) is 0 Å². The third-order valence-electron chi connectivity index (χ3n) is 0. The molecule has 0 saturated heterocycles. The molecule has 0 rings (SSSR count). The minimum atomic E-state index is 0.847. The molecule has 0 saturated carbocycles. The molecule has 0 fully saturated rings. The fourth-order valence-electron chi connectivity index (χ4n) is 0. The van der Waals surface area contributed by atoms with Gasteiger partial charge in [0.25, 0.3) is 0 Å². The number of hydrogen-bond donors (Lipinski definition) is 0. The van der Waals surface area contributed by atoms with Gasteiger partial charge in [0.2, 0.25) is 0 Å². The topological polar surface area (TPSA) is 0 Å². The minimum Gasteiger partial charge on any atom is -0.179 e. The van der Waals surface area contributed by atoms with Gasteiger partial charge < -0.3 is 0 Å². The monoisotopic (exact) mass is 176 g/mol. The molecule has 0 aromatic heterocycles. The molecule has 0 aliphatic carbocycles. The van der Waals surface area contributed by atoms with Gasteiger partial charge in [-0.1, -0.05) is 0 Å². The summed E-state index contributed by atoms with van der Waals surface area (Å²) in [5, 5.41) is 0. The van der Waals surface area contributed by atoms with E-state index in [1.54, 1.807) is 0 Å². The van der Waals surface area contributed by atoms with Gasteiger partial charge in [0.05, 0.1) is 0 Å². The average molecular weight is 176 g/mol. The molecule has 0 nitrogen and oxygen atoms in total. The van der Waals surface area contributed by atoms with Gasteiger partial charge in [-0.05, 0) is 0 Å². The van der Waals surface area contributed by atoms with E-state index < -0.39 is 0 Å². The molecule has 0 amide bonds. The van der Waals surface area contributed by atoms with Gasteiger partial charge in [-0.3, -0.25) is 0 Å². The van der Waals surface area contributed by atoms with E-state index in [0.29, 0.717) is 0 Å². The summed E-state index contributed by atoms with van der Waals surface area (Å²) in [6.07, 6.45) is 0. The Morgan fingerprint density at radius 1 is 1.25 bits per heavy atom. The zero-order valence-corrected chi connectivity index (χ0v) is 8.06. The predicted octanol–water partition coefficient (Wildman–Crippen LogP) is -0.453. The Morgan fingerprint density at radius 2 is 1.25 bits per heavy atom. The van der Waals surface area contributed by atoms with E-state index in [0.717, 1.165) is 15.6 Å². The summed E-state index contributed by atoms with van der Waals surface area (Å²) in [4.78, 5) is 0. The Kier molecular flexibility index (Phi) is 60.8. The second kappa shape index (κ2) is 27.0. The van der Waals surface area contributed by atoms with E-state index in [9.17, 15) is 0 Å². The van der Waals surface area contributed by atoms with E-state index in [2.05, 4.69) is 11.1 Å². The van der Waals surface area contributed by atoms with Crippen LogP contribution in [0, 0.1) is 0 Å². The molecule has 0 aliphatic heterocycles. The predicted molar refractivity (Wildman–Crippen MR) is 28.8 cm³/mol. The Bertz CT molecular complexity index is 6.00. The molecule has 0 aromatic rings. The van der Waals surface area contributed by atoms with Gasteiger partial charge in [-0.2, -0.15) is 11.1 Å². The van der Waals surface area contributed by atoms with Crippen molar-refractivity contribution in [1.82, 2.24) is 0 Å². The van der Waals surface area contributed by atoms with Crippen molar-refractivity contribution < 1.29 is 0 Å². The average Bonchev–Trinajstić information content (AvgIpc) is 1.50. The largest absolute Gasteiger partial charge is 0.179 e. The maximum Gasteiger partial charge on any atom is 0.128 e. The van der Waals surface area contributed by atoms with Crippen LogP contribution in [0.25, 0.3) is 0 Å². The van der Waals surface area contributed by atoms with Crippen molar-refractivity contribution in [1.29, 1.82) is 0 Å². The van der Waals surface area contributed by atoms with E-state index in [1.165, 1.54) is 9.55 Å². The Hall–Kier alpha value is 1.34. The molecule has 4 heavy (non-hydrogen) atoms. The first-order chi connectivity index (χ1) is 2.00. The first-order valence-corrected chi connectivity index (χ1v) is 6.57. The van der Waals surface area contributed by atoms with E-state index in [4.69, 9.17) is 10.0 Å². The molecule has 26 valence electrons. The first-order valence-electron chi connectivity index (χ1n) is 0.535. The SMILES string of the molecule is [Cl][GeH2].[SiH2]Cl. The molecule has 0 unspecified atom stereocenters. The molecule has 0 bridgehead atoms. The maximum atomic E-state index is 4.76. The van der Waals surface area contributed by atoms with Crippen molar-refractivity contribution in [2.75, 3.05) is 0 Å². The van der Waals surface area contributed by atoms with Gasteiger partial charge in [-0.15, -0.1) is 0 Å². The Balaban J connectivity index is 0. The van der Waals surface area contributed by atoms with Crippen LogP contribution >= 0.6 is 21.1 Å². The molecule has 0 spiro atoms. The van der Waals surface area contributed by atoms with Crippen molar-refractivity contribution >= 4 is 46.2 Å². The van der Waals surface area contributed by atoms with Crippen LogP contribution in [0.5, 0.6) is 0 Å². The van der Waals surface area contributed by atoms with E-state index in [1.807, 2.05) is 0 Å². The minimum absolute atomic E-state index is 0.847.